The molecule has 1 amide bonds. The first kappa shape index (κ1) is 16.9. The molecule has 8 heteroatoms. The van der Waals surface area contributed by atoms with Gasteiger partial charge in [0.15, 0.2) is 0 Å². The molecular formula is C14H19BClNO5. The second kappa shape index (κ2) is 6.36. The molecule has 2 rings (SSSR count). The quantitative estimate of drug-likeness (QED) is 0.825. The number of rotatable bonds is 3. The molecule has 120 valence electrons. The number of ether oxygens (including phenoxy) is 2. The number of halogens is 1. The van der Waals surface area contributed by atoms with Crippen LogP contribution in [0.4, 0.5) is 4.79 Å². The van der Waals surface area contributed by atoms with Gasteiger partial charge in [-0.2, -0.15) is 0 Å². The Labute approximate surface area is 134 Å². The fourth-order valence-corrected chi connectivity index (χ4v) is 2.57. The number of alkyl carbamates (subject to hydrolysis) is 1. The third kappa shape index (κ3) is 3.66. The van der Waals surface area contributed by atoms with E-state index in [0.717, 1.165) is 0 Å². The SMILES string of the molecule is COc1ccc(Cl)c2c1B(O)OC2CNC(=O)OC(C)(C)C. The van der Waals surface area contributed by atoms with E-state index in [-0.39, 0.29) is 6.54 Å². The van der Waals surface area contributed by atoms with Crippen LogP contribution in [0.2, 0.25) is 5.02 Å². The predicted octanol–water partition coefficient (Wildman–Crippen LogP) is 1.63. The van der Waals surface area contributed by atoms with E-state index < -0.39 is 24.9 Å². The van der Waals surface area contributed by atoms with Crippen molar-refractivity contribution in [1.82, 2.24) is 5.32 Å². The van der Waals surface area contributed by atoms with E-state index >= 15 is 0 Å². The van der Waals surface area contributed by atoms with E-state index in [9.17, 15) is 9.82 Å². The third-order valence-electron chi connectivity index (χ3n) is 3.11. The summed E-state index contributed by atoms with van der Waals surface area (Å²) >= 11 is 6.19. The van der Waals surface area contributed by atoms with Crippen molar-refractivity contribution in [2.45, 2.75) is 32.5 Å². The summed E-state index contributed by atoms with van der Waals surface area (Å²) in [5.41, 5.74) is 0.523. The molecular weight excluding hydrogens is 308 g/mol. The zero-order valence-electron chi connectivity index (χ0n) is 13.0. The van der Waals surface area contributed by atoms with Crippen molar-refractivity contribution in [1.29, 1.82) is 0 Å². The summed E-state index contributed by atoms with van der Waals surface area (Å²) in [6, 6.07) is 3.33. The summed E-state index contributed by atoms with van der Waals surface area (Å²) in [4.78, 5) is 11.7. The molecule has 1 aromatic carbocycles. The van der Waals surface area contributed by atoms with Crippen LogP contribution in [-0.4, -0.2) is 37.5 Å². The van der Waals surface area contributed by atoms with Gasteiger partial charge in [-0.25, -0.2) is 4.79 Å². The molecule has 1 unspecified atom stereocenters. The van der Waals surface area contributed by atoms with Gasteiger partial charge in [0, 0.05) is 22.6 Å². The van der Waals surface area contributed by atoms with Gasteiger partial charge in [-0.1, -0.05) is 11.6 Å². The molecule has 1 aliphatic heterocycles. The van der Waals surface area contributed by atoms with E-state index in [1.165, 1.54) is 7.11 Å². The molecule has 1 heterocycles. The Morgan fingerprint density at radius 1 is 1.50 bits per heavy atom. The van der Waals surface area contributed by atoms with Crippen molar-refractivity contribution < 1.29 is 23.9 Å². The van der Waals surface area contributed by atoms with Gasteiger partial charge in [-0.05, 0) is 32.9 Å². The first-order chi connectivity index (χ1) is 10.2. The summed E-state index contributed by atoms with van der Waals surface area (Å²) in [5.74, 6) is 0.492. The Hall–Kier alpha value is -1.44. The maximum atomic E-state index is 11.7. The summed E-state index contributed by atoms with van der Waals surface area (Å²) < 4.78 is 15.8. The molecule has 0 aliphatic carbocycles. The Kier molecular flexibility index (Phi) is 4.89. The maximum Gasteiger partial charge on any atom is 0.495 e. The second-order valence-electron chi connectivity index (χ2n) is 5.94. The maximum absolute atomic E-state index is 11.7. The summed E-state index contributed by atoms with van der Waals surface area (Å²) in [5, 5.41) is 13.1. The average molecular weight is 328 g/mol. The number of benzene rings is 1. The van der Waals surface area contributed by atoms with Gasteiger partial charge in [0.2, 0.25) is 0 Å². The van der Waals surface area contributed by atoms with Gasteiger partial charge in [0.05, 0.1) is 13.2 Å². The third-order valence-corrected chi connectivity index (χ3v) is 3.44. The molecule has 0 bridgehead atoms. The topological polar surface area (TPSA) is 77.0 Å². The molecule has 22 heavy (non-hydrogen) atoms. The number of carbonyl (C=O) groups excluding carboxylic acids is 1. The van der Waals surface area contributed by atoms with Crippen LogP contribution < -0.4 is 15.5 Å². The van der Waals surface area contributed by atoms with E-state index in [0.29, 0.717) is 21.8 Å². The van der Waals surface area contributed by atoms with Crippen molar-refractivity contribution in [2.75, 3.05) is 13.7 Å². The lowest BCUT2D eigenvalue weighted by atomic mass is 9.78. The van der Waals surface area contributed by atoms with Crippen molar-refractivity contribution in [3.05, 3.63) is 22.7 Å². The first-order valence-electron chi connectivity index (χ1n) is 6.89. The van der Waals surface area contributed by atoms with Crippen LogP contribution in [0.5, 0.6) is 5.75 Å². The fraction of sp³-hybridized carbons (Fsp3) is 0.500. The second-order valence-corrected chi connectivity index (χ2v) is 6.34. The van der Waals surface area contributed by atoms with Crippen LogP contribution in [0.15, 0.2) is 12.1 Å². The van der Waals surface area contributed by atoms with Gasteiger partial charge in [-0.3, -0.25) is 0 Å². The Bertz CT molecular complexity index is 575. The van der Waals surface area contributed by atoms with Gasteiger partial charge in [-0.15, -0.1) is 0 Å². The lowest BCUT2D eigenvalue weighted by Gasteiger charge is -2.21. The van der Waals surface area contributed by atoms with Crippen molar-refractivity contribution in [2.24, 2.45) is 0 Å². The number of methoxy groups -OCH3 is 1. The van der Waals surface area contributed by atoms with E-state index in [1.54, 1.807) is 32.9 Å². The highest BCUT2D eigenvalue weighted by molar-refractivity contribution is 6.63. The highest BCUT2D eigenvalue weighted by atomic mass is 35.5. The van der Waals surface area contributed by atoms with Crippen LogP contribution >= 0.6 is 11.6 Å². The lowest BCUT2D eigenvalue weighted by Crippen LogP contribution is -2.35. The van der Waals surface area contributed by atoms with Crippen molar-refractivity contribution in [3.63, 3.8) is 0 Å². The number of nitrogens with one attached hydrogen (secondary N) is 1. The number of amides is 1. The minimum Gasteiger partial charge on any atom is -0.497 e. The number of fused-ring (bicyclic) bond motifs is 1. The molecule has 0 radical (unpaired) electrons. The zero-order chi connectivity index (χ0) is 16.5. The fourth-order valence-electron chi connectivity index (χ4n) is 2.28. The minimum atomic E-state index is -1.14. The molecule has 6 nitrogen and oxygen atoms in total. The Morgan fingerprint density at radius 3 is 2.77 bits per heavy atom. The molecule has 1 atom stereocenters. The molecule has 1 aromatic rings. The van der Waals surface area contributed by atoms with Gasteiger partial charge in [0.1, 0.15) is 11.4 Å². The molecule has 0 saturated heterocycles. The van der Waals surface area contributed by atoms with Crippen molar-refractivity contribution >= 4 is 30.3 Å². The van der Waals surface area contributed by atoms with Crippen LogP contribution in [0.3, 0.4) is 0 Å². The van der Waals surface area contributed by atoms with Gasteiger partial charge < -0.3 is 24.5 Å². The number of hydrogen-bond acceptors (Lipinski definition) is 5. The predicted molar refractivity (Wildman–Crippen MR) is 83.7 cm³/mol. The standard InChI is InChI=1S/C14H19BClNO5/c1-14(2,3)21-13(18)17-7-10-11-8(16)5-6-9(20-4)12(11)15(19)22-10/h5-6,10,19H,7H2,1-4H3,(H,17,18). The molecule has 1 aliphatic rings. The summed E-state index contributed by atoms with van der Waals surface area (Å²) in [6.45, 7) is 5.46. The number of carbonyl (C=O) groups is 1. The molecule has 2 N–H and O–H groups in total. The average Bonchev–Trinajstić information content (AvgIpc) is 2.74. The Balaban J connectivity index is 2.12. The molecule has 0 aromatic heterocycles. The normalized spacial score (nSPS) is 17.2. The highest BCUT2D eigenvalue weighted by Gasteiger charge is 2.39. The molecule has 0 fully saturated rings. The van der Waals surface area contributed by atoms with E-state index in [2.05, 4.69) is 5.32 Å². The van der Waals surface area contributed by atoms with Crippen LogP contribution in [-0.2, 0) is 9.39 Å². The monoisotopic (exact) mass is 327 g/mol. The molecule has 0 spiro atoms. The zero-order valence-corrected chi connectivity index (χ0v) is 13.7. The van der Waals surface area contributed by atoms with Gasteiger partial charge in [0.25, 0.3) is 0 Å². The van der Waals surface area contributed by atoms with E-state index in [1.807, 2.05) is 0 Å². The Morgan fingerprint density at radius 2 is 2.18 bits per heavy atom. The van der Waals surface area contributed by atoms with Gasteiger partial charge >= 0.3 is 13.2 Å². The lowest BCUT2D eigenvalue weighted by molar-refractivity contribution is 0.0498. The van der Waals surface area contributed by atoms with Crippen molar-refractivity contribution in [3.8, 4) is 5.75 Å². The highest BCUT2D eigenvalue weighted by Crippen LogP contribution is 2.33. The summed E-state index contributed by atoms with van der Waals surface area (Å²) in [6.07, 6.45) is -1.13. The number of hydrogen-bond donors (Lipinski definition) is 2. The summed E-state index contributed by atoms with van der Waals surface area (Å²) in [7, 11) is 0.358. The van der Waals surface area contributed by atoms with Crippen LogP contribution in [0, 0.1) is 0 Å². The smallest absolute Gasteiger partial charge is 0.495 e. The minimum absolute atomic E-state index is 0.131. The largest absolute Gasteiger partial charge is 0.497 e. The van der Waals surface area contributed by atoms with Crippen LogP contribution in [0.25, 0.3) is 0 Å². The first-order valence-corrected chi connectivity index (χ1v) is 7.27. The van der Waals surface area contributed by atoms with Crippen LogP contribution in [0.1, 0.15) is 32.4 Å². The van der Waals surface area contributed by atoms with E-state index in [4.69, 9.17) is 25.7 Å². The molecule has 0 saturated carbocycles.